The smallest absolute Gasteiger partial charge is 0.322 e. The van der Waals surface area contributed by atoms with Crippen LogP contribution in [0, 0.1) is 0 Å². The van der Waals surface area contributed by atoms with Crippen molar-refractivity contribution in [1.82, 2.24) is 18.8 Å². The lowest BCUT2D eigenvalue weighted by Crippen LogP contribution is -2.48. The lowest BCUT2D eigenvalue weighted by atomic mass is 10.2. The molecule has 1 aliphatic rings. The number of piperazine rings is 1. The number of fused-ring (bicyclic) bond motifs is 1. The van der Waals surface area contributed by atoms with Gasteiger partial charge in [-0.05, 0) is 29.8 Å². The van der Waals surface area contributed by atoms with Crippen LogP contribution in [0.15, 0.2) is 83.8 Å². The predicted octanol–water partition coefficient (Wildman–Crippen LogP) is 4.61. The van der Waals surface area contributed by atoms with Crippen LogP contribution < -0.4 is 0 Å². The first-order valence-corrected chi connectivity index (χ1v) is 13.0. The van der Waals surface area contributed by atoms with Gasteiger partial charge in [0.1, 0.15) is 5.82 Å². The number of rotatable bonds is 6. The van der Waals surface area contributed by atoms with Gasteiger partial charge in [-0.25, -0.2) is 13.4 Å². The molecule has 36 heavy (non-hydrogen) atoms. The molecule has 3 aromatic carbocycles. The van der Waals surface area contributed by atoms with Crippen LogP contribution >= 0.6 is 0 Å². The summed E-state index contributed by atoms with van der Waals surface area (Å²) in [4.78, 5) is 6.21. The molecule has 6 nitrogen and oxygen atoms in total. The third-order valence-electron chi connectivity index (χ3n) is 6.42. The Balaban J connectivity index is 1.34. The van der Waals surface area contributed by atoms with Crippen molar-refractivity contribution < 1.29 is 21.6 Å². The molecule has 0 atom stereocenters. The fourth-order valence-electron chi connectivity index (χ4n) is 4.58. The molecule has 1 aromatic heterocycles. The van der Waals surface area contributed by atoms with Crippen LogP contribution in [0.3, 0.4) is 0 Å². The normalized spacial score (nSPS) is 16.0. The van der Waals surface area contributed by atoms with Gasteiger partial charge in [0.2, 0.25) is 10.0 Å². The highest BCUT2D eigenvalue weighted by molar-refractivity contribution is 7.89. The molecule has 0 saturated carbocycles. The number of halogens is 3. The van der Waals surface area contributed by atoms with Gasteiger partial charge in [0.15, 0.2) is 0 Å². The van der Waals surface area contributed by atoms with E-state index >= 15 is 0 Å². The Morgan fingerprint density at radius 3 is 2.14 bits per heavy atom. The second-order valence-electron chi connectivity index (χ2n) is 8.76. The van der Waals surface area contributed by atoms with Crippen molar-refractivity contribution in [1.29, 1.82) is 0 Å². The minimum atomic E-state index is -4.75. The van der Waals surface area contributed by atoms with E-state index in [4.69, 9.17) is 4.98 Å². The molecule has 5 rings (SSSR count). The van der Waals surface area contributed by atoms with E-state index in [2.05, 4.69) is 21.6 Å². The fourth-order valence-corrected chi connectivity index (χ4v) is 6.22. The molecular weight excluding hydrogens is 489 g/mol. The average molecular weight is 515 g/mol. The Morgan fingerprint density at radius 2 is 1.42 bits per heavy atom. The first kappa shape index (κ1) is 24.5. The van der Waals surface area contributed by atoms with Crippen LogP contribution in [-0.4, -0.2) is 53.4 Å². The number of hydrogen-bond donors (Lipinski definition) is 0. The highest BCUT2D eigenvalue weighted by Crippen LogP contribution is 2.35. The monoisotopic (exact) mass is 514 g/mol. The summed E-state index contributed by atoms with van der Waals surface area (Å²) < 4.78 is 69.8. The summed E-state index contributed by atoms with van der Waals surface area (Å²) in [6.07, 6.45) is -4.75. The Bertz CT molecular complexity index is 1460. The van der Waals surface area contributed by atoms with Crippen molar-refractivity contribution in [3.05, 3.63) is 95.8 Å². The standard InChI is InChI=1S/C26H25F3N4O2S/c27-26(28,29)21-10-4-7-13-24(21)36(34,35)32-16-14-31(15-17-32)19-25-30-22-11-5-6-12-23(22)33(25)18-20-8-2-1-3-9-20/h1-13H,14-19H2. The van der Waals surface area contributed by atoms with Gasteiger partial charge < -0.3 is 4.57 Å². The topological polar surface area (TPSA) is 58.4 Å². The average Bonchev–Trinajstić information content (AvgIpc) is 3.21. The van der Waals surface area contributed by atoms with Gasteiger partial charge in [0.25, 0.3) is 0 Å². The third kappa shape index (κ3) is 4.88. The fraction of sp³-hybridized carbons (Fsp3) is 0.269. The van der Waals surface area contributed by atoms with Gasteiger partial charge in [-0.15, -0.1) is 0 Å². The number of benzene rings is 3. The van der Waals surface area contributed by atoms with Crippen LogP contribution in [0.1, 0.15) is 17.0 Å². The predicted molar refractivity (Wildman–Crippen MR) is 131 cm³/mol. The first-order valence-electron chi connectivity index (χ1n) is 11.6. The van der Waals surface area contributed by atoms with Gasteiger partial charge in [-0.2, -0.15) is 17.5 Å². The van der Waals surface area contributed by atoms with Crippen molar-refractivity contribution in [2.75, 3.05) is 26.2 Å². The molecule has 1 aliphatic heterocycles. The largest absolute Gasteiger partial charge is 0.417 e. The third-order valence-corrected chi connectivity index (χ3v) is 8.38. The molecule has 4 aromatic rings. The van der Waals surface area contributed by atoms with Gasteiger partial charge in [0.05, 0.1) is 28.0 Å². The zero-order valence-electron chi connectivity index (χ0n) is 19.4. The Labute approximate surface area is 207 Å². The summed E-state index contributed by atoms with van der Waals surface area (Å²) in [6, 6.07) is 22.3. The summed E-state index contributed by atoms with van der Waals surface area (Å²) in [5.74, 6) is 0.860. The van der Waals surface area contributed by atoms with Crippen LogP contribution in [0.5, 0.6) is 0 Å². The molecule has 0 radical (unpaired) electrons. The van der Waals surface area contributed by atoms with Crippen molar-refractivity contribution in [3.8, 4) is 0 Å². The highest BCUT2D eigenvalue weighted by atomic mass is 32.2. The molecule has 1 fully saturated rings. The molecule has 0 unspecified atom stereocenters. The quantitative estimate of drug-likeness (QED) is 0.377. The van der Waals surface area contributed by atoms with Gasteiger partial charge in [0, 0.05) is 32.7 Å². The van der Waals surface area contributed by atoms with E-state index in [0.29, 0.717) is 26.2 Å². The highest BCUT2D eigenvalue weighted by Gasteiger charge is 2.39. The SMILES string of the molecule is O=S(=O)(c1ccccc1C(F)(F)F)N1CCN(Cc2nc3ccccc3n2Cc2ccccc2)CC1. The molecule has 0 amide bonds. The molecule has 1 saturated heterocycles. The van der Waals surface area contributed by atoms with Crippen LogP contribution in [0.4, 0.5) is 13.2 Å². The summed E-state index contributed by atoms with van der Waals surface area (Å²) in [6.45, 7) is 2.15. The molecule has 0 bridgehead atoms. The van der Waals surface area contributed by atoms with Crippen molar-refractivity contribution in [2.45, 2.75) is 24.2 Å². The van der Waals surface area contributed by atoms with E-state index in [-0.39, 0.29) is 13.1 Å². The summed E-state index contributed by atoms with van der Waals surface area (Å²) >= 11 is 0. The van der Waals surface area contributed by atoms with Gasteiger partial charge in [-0.3, -0.25) is 4.90 Å². The summed E-state index contributed by atoms with van der Waals surface area (Å²) in [5, 5.41) is 0. The zero-order chi connectivity index (χ0) is 25.3. The maximum absolute atomic E-state index is 13.4. The molecule has 188 valence electrons. The minimum Gasteiger partial charge on any atom is -0.322 e. The molecule has 0 spiro atoms. The van der Waals surface area contributed by atoms with E-state index in [9.17, 15) is 21.6 Å². The van der Waals surface area contributed by atoms with E-state index in [1.807, 2.05) is 42.5 Å². The number of alkyl halides is 3. The second kappa shape index (κ2) is 9.68. The molecule has 0 N–H and O–H groups in total. The van der Waals surface area contributed by atoms with E-state index in [1.165, 1.54) is 12.1 Å². The number of sulfonamides is 1. The van der Waals surface area contributed by atoms with Gasteiger partial charge in [-0.1, -0.05) is 54.6 Å². The number of imidazole rings is 1. The van der Waals surface area contributed by atoms with Crippen molar-refractivity contribution in [3.63, 3.8) is 0 Å². The lowest BCUT2D eigenvalue weighted by molar-refractivity contribution is -0.139. The molecular formula is C26H25F3N4O2S. The Hall–Kier alpha value is -3.21. The molecule has 10 heteroatoms. The van der Waals surface area contributed by atoms with E-state index in [1.54, 1.807) is 0 Å². The molecule has 0 aliphatic carbocycles. The van der Waals surface area contributed by atoms with Crippen molar-refractivity contribution in [2.24, 2.45) is 0 Å². The van der Waals surface area contributed by atoms with E-state index < -0.39 is 26.7 Å². The van der Waals surface area contributed by atoms with Crippen molar-refractivity contribution >= 4 is 21.1 Å². The molecule has 2 heterocycles. The first-order chi connectivity index (χ1) is 17.2. The second-order valence-corrected chi connectivity index (χ2v) is 10.7. The Morgan fingerprint density at radius 1 is 0.778 bits per heavy atom. The number of aromatic nitrogens is 2. The lowest BCUT2D eigenvalue weighted by Gasteiger charge is -2.34. The van der Waals surface area contributed by atoms with Crippen LogP contribution in [-0.2, 0) is 29.3 Å². The van der Waals surface area contributed by atoms with E-state index in [0.717, 1.165) is 38.9 Å². The summed E-state index contributed by atoms with van der Waals surface area (Å²) in [7, 11) is -4.28. The minimum absolute atomic E-state index is 0.105. The maximum atomic E-state index is 13.4. The van der Waals surface area contributed by atoms with Gasteiger partial charge >= 0.3 is 6.18 Å². The number of para-hydroxylation sites is 2. The Kier molecular flexibility index (Phi) is 6.59. The number of nitrogens with zero attached hydrogens (tertiary/aromatic N) is 4. The van der Waals surface area contributed by atoms with Crippen LogP contribution in [0.2, 0.25) is 0 Å². The maximum Gasteiger partial charge on any atom is 0.417 e. The van der Waals surface area contributed by atoms with Crippen LogP contribution in [0.25, 0.3) is 11.0 Å². The zero-order valence-corrected chi connectivity index (χ0v) is 20.2. The summed E-state index contributed by atoms with van der Waals surface area (Å²) in [5.41, 5.74) is 1.90. The number of hydrogen-bond acceptors (Lipinski definition) is 4.